The molecule has 0 bridgehead atoms. The molecule has 2 aliphatic rings. The summed E-state index contributed by atoms with van der Waals surface area (Å²) in [4.78, 5) is 0. The largest absolute Gasteiger partial charge is 0.376 e. The molecule has 0 aromatic heterocycles. The molecule has 2 heterocycles. The van der Waals surface area contributed by atoms with E-state index in [-0.39, 0.29) is 23.8 Å². The first-order valence-corrected chi connectivity index (χ1v) is 9.84. The average molecular weight is 252 g/mol. The Bertz CT molecular complexity index is 225. The number of halogens is 1. The van der Waals surface area contributed by atoms with Gasteiger partial charge in [0.15, 0.2) is 0 Å². The van der Waals surface area contributed by atoms with Gasteiger partial charge in [0.05, 0.1) is 11.6 Å². The Kier molecular flexibility index (Phi) is 3.43. The molecule has 0 N–H and O–H groups in total. The second-order valence-electron chi connectivity index (χ2n) is 4.11. The maximum atomic E-state index is 13.7. The lowest BCUT2D eigenvalue weighted by molar-refractivity contribution is 0.00731. The molecule has 1 spiro atoms. The molecule has 0 saturated carbocycles. The van der Waals surface area contributed by atoms with Crippen molar-refractivity contribution in [1.82, 2.24) is 0 Å². The Balaban J connectivity index is 2.10. The quantitative estimate of drug-likeness (QED) is 0.482. The molecule has 0 aromatic rings. The molecule has 2 aliphatic heterocycles. The van der Waals surface area contributed by atoms with Crippen LogP contribution in [0.15, 0.2) is 0 Å². The number of ether oxygens (including phenoxy) is 1. The molecule has 0 aliphatic carbocycles. The van der Waals surface area contributed by atoms with E-state index in [1.54, 1.807) is 0 Å². The summed E-state index contributed by atoms with van der Waals surface area (Å²) in [6, 6.07) is -0.215. The molecule has 2 saturated heterocycles. The minimum atomic E-state index is -0.780. The molecule has 2 fully saturated rings. The summed E-state index contributed by atoms with van der Waals surface area (Å²) in [5, 5.41) is 0. The van der Waals surface area contributed by atoms with Gasteiger partial charge in [0, 0.05) is 23.7 Å². The smallest absolute Gasteiger partial charge is 0.143 e. The van der Waals surface area contributed by atoms with Gasteiger partial charge in [-0.05, 0) is 6.66 Å². The van der Waals surface area contributed by atoms with E-state index in [0.29, 0.717) is 0 Å². The number of hydrogen-bond acceptors (Lipinski definition) is 3. The summed E-state index contributed by atoms with van der Waals surface area (Å²) in [5.41, 5.74) is -0.178. The lowest BCUT2D eigenvalue weighted by atomic mass is 9.85. The molecule has 6 heteroatoms. The summed E-state index contributed by atoms with van der Waals surface area (Å²) in [7, 11) is 1.86. The van der Waals surface area contributed by atoms with Crippen LogP contribution in [0.3, 0.4) is 0 Å². The van der Waals surface area contributed by atoms with Gasteiger partial charge in [-0.2, -0.15) is 0 Å². The maximum Gasteiger partial charge on any atom is 0.143 e. The van der Waals surface area contributed by atoms with Gasteiger partial charge in [0.1, 0.15) is 14.0 Å². The first-order valence-electron chi connectivity index (χ1n) is 4.86. The standard InChI is InChI=1S/C8H15BFOPS2/c1-5-6(10)7(9)11-8(5)3-13-12(2)14-4-8/h5-7H,3-4,9H2,1-2H3/t5?,6-,7+,8?,12?/m0/s1. The van der Waals surface area contributed by atoms with Gasteiger partial charge in [0.25, 0.3) is 0 Å². The van der Waals surface area contributed by atoms with Crippen molar-refractivity contribution in [2.45, 2.75) is 24.7 Å². The van der Waals surface area contributed by atoms with E-state index >= 15 is 0 Å². The van der Waals surface area contributed by atoms with Gasteiger partial charge < -0.3 is 4.74 Å². The third-order valence-corrected chi connectivity index (χ3v) is 9.97. The van der Waals surface area contributed by atoms with E-state index in [0.717, 1.165) is 11.5 Å². The predicted molar refractivity (Wildman–Crippen MR) is 68.0 cm³/mol. The van der Waals surface area contributed by atoms with Gasteiger partial charge in [0.2, 0.25) is 0 Å². The van der Waals surface area contributed by atoms with Crippen LogP contribution in [-0.2, 0) is 4.74 Å². The Morgan fingerprint density at radius 2 is 2.07 bits per heavy atom. The Hall–Kier alpha value is 1.08. The highest BCUT2D eigenvalue weighted by atomic mass is 33.1. The fourth-order valence-corrected chi connectivity index (χ4v) is 8.16. The molecule has 14 heavy (non-hydrogen) atoms. The number of rotatable bonds is 0. The normalized spacial score (nSPS) is 53.9. The Labute approximate surface area is 95.0 Å². The third kappa shape index (κ3) is 1.86. The Morgan fingerprint density at radius 1 is 1.50 bits per heavy atom. The van der Waals surface area contributed by atoms with Crippen molar-refractivity contribution in [1.29, 1.82) is 0 Å². The van der Waals surface area contributed by atoms with E-state index in [4.69, 9.17) is 4.74 Å². The van der Waals surface area contributed by atoms with E-state index in [9.17, 15) is 4.39 Å². The van der Waals surface area contributed by atoms with E-state index < -0.39 is 6.17 Å². The molecular weight excluding hydrogens is 237 g/mol. The van der Waals surface area contributed by atoms with Gasteiger partial charge in [-0.3, -0.25) is 0 Å². The van der Waals surface area contributed by atoms with E-state index in [1.807, 2.05) is 37.5 Å². The van der Waals surface area contributed by atoms with E-state index in [1.165, 1.54) is 0 Å². The molecule has 2 rings (SSSR count). The van der Waals surface area contributed by atoms with Crippen molar-refractivity contribution in [2.24, 2.45) is 5.92 Å². The number of hydrogen-bond donors (Lipinski definition) is 0. The van der Waals surface area contributed by atoms with Crippen LogP contribution in [-0.4, -0.2) is 43.8 Å². The van der Waals surface area contributed by atoms with Crippen LogP contribution in [0.1, 0.15) is 6.92 Å². The molecule has 0 aromatic carbocycles. The predicted octanol–water partition coefficient (Wildman–Crippen LogP) is 2.11. The lowest BCUT2D eigenvalue weighted by Crippen LogP contribution is -2.42. The van der Waals surface area contributed by atoms with Crippen molar-refractivity contribution >= 4 is 36.9 Å². The van der Waals surface area contributed by atoms with Crippen LogP contribution >= 0.6 is 29.1 Å². The summed E-state index contributed by atoms with van der Waals surface area (Å²) in [6.45, 7) is 4.27. The third-order valence-electron chi connectivity index (χ3n) is 3.16. The summed E-state index contributed by atoms with van der Waals surface area (Å²) < 4.78 is 19.6. The lowest BCUT2D eigenvalue weighted by Gasteiger charge is -2.37. The highest BCUT2D eigenvalue weighted by Crippen LogP contribution is 2.65. The van der Waals surface area contributed by atoms with Gasteiger partial charge >= 0.3 is 0 Å². The van der Waals surface area contributed by atoms with Gasteiger partial charge in [-0.25, -0.2) is 4.39 Å². The molecule has 0 radical (unpaired) electrons. The van der Waals surface area contributed by atoms with Crippen LogP contribution < -0.4 is 0 Å². The first-order chi connectivity index (χ1) is 6.55. The fraction of sp³-hybridized carbons (Fsp3) is 1.00. The molecule has 0 amide bonds. The van der Waals surface area contributed by atoms with Gasteiger partial charge in [-0.1, -0.05) is 6.92 Å². The number of alkyl halides is 1. The molecule has 1 nitrogen and oxygen atoms in total. The van der Waals surface area contributed by atoms with Crippen LogP contribution in [0, 0.1) is 5.92 Å². The Morgan fingerprint density at radius 3 is 2.50 bits per heavy atom. The topological polar surface area (TPSA) is 9.23 Å². The van der Waals surface area contributed by atoms with Crippen molar-refractivity contribution < 1.29 is 9.13 Å². The van der Waals surface area contributed by atoms with Crippen molar-refractivity contribution in [3.63, 3.8) is 0 Å². The summed E-state index contributed by atoms with van der Waals surface area (Å²) in [5.74, 6) is 2.02. The monoisotopic (exact) mass is 252 g/mol. The second kappa shape index (κ2) is 4.16. The van der Waals surface area contributed by atoms with Crippen LogP contribution in [0.4, 0.5) is 4.39 Å². The maximum absolute atomic E-state index is 13.7. The van der Waals surface area contributed by atoms with Crippen LogP contribution in [0.5, 0.6) is 0 Å². The first kappa shape index (κ1) is 11.6. The van der Waals surface area contributed by atoms with Crippen molar-refractivity contribution in [2.75, 3.05) is 18.2 Å². The minimum Gasteiger partial charge on any atom is -0.376 e. The molecule has 1 unspecified atom stereocenters. The average Bonchev–Trinajstić information content (AvgIpc) is 2.37. The molecule has 80 valence electrons. The second-order valence-corrected chi connectivity index (χ2v) is 11.6. The van der Waals surface area contributed by atoms with Gasteiger partial charge in [-0.15, -0.1) is 22.8 Å². The zero-order valence-electron chi connectivity index (χ0n) is 8.70. The summed E-state index contributed by atoms with van der Waals surface area (Å²) in [6.07, 6.45) is -0.731. The van der Waals surface area contributed by atoms with E-state index in [2.05, 4.69) is 6.66 Å². The molecule has 3 atom stereocenters. The SMILES string of the molecule is B[C@@H]1OC2(CSP(C)SC2)C(C)[C@@H]1F. The highest BCUT2D eigenvalue weighted by Gasteiger charge is 2.52. The van der Waals surface area contributed by atoms with Crippen molar-refractivity contribution in [3.05, 3.63) is 0 Å². The highest BCUT2D eigenvalue weighted by molar-refractivity contribution is 8.88. The zero-order chi connectivity index (χ0) is 10.3. The van der Waals surface area contributed by atoms with Crippen molar-refractivity contribution in [3.8, 4) is 0 Å². The minimum absolute atomic E-state index is 0.0495. The van der Waals surface area contributed by atoms with Crippen LogP contribution in [0.25, 0.3) is 0 Å². The fourth-order valence-electron chi connectivity index (χ4n) is 2.05. The van der Waals surface area contributed by atoms with Crippen LogP contribution in [0.2, 0.25) is 0 Å². The molecular formula is C8H15BFOPS2. The summed E-state index contributed by atoms with van der Waals surface area (Å²) >= 11 is 3.92. The zero-order valence-corrected chi connectivity index (χ0v) is 11.2.